The maximum absolute atomic E-state index is 12.6. The second-order valence-corrected chi connectivity index (χ2v) is 8.45. The Morgan fingerprint density at radius 3 is 1.91 bits per heavy atom. The fraction of sp³-hybridized carbons (Fsp3) is 0.857. The predicted molar refractivity (Wildman–Crippen MR) is 94.1 cm³/mol. The Kier molecular flexibility index (Phi) is 5.82. The Hall–Kier alpha value is -0.790. The first-order valence-electron chi connectivity index (χ1n) is 10.0. The van der Waals surface area contributed by atoms with Gasteiger partial charge < -0.3 is 4.74 Å². The summed E-state index contributed by atoms with van der Waals surface area (Å²) in [6.45, 7) is 4.24. The Bertz CT molecular complexity index is 405. The summed E-state index contributed by atoms with van der Waals surface area (Å²) in [4.78, 5) is 12.6. The molecule has 3 saturated carbocycles. The van der Waals surface area contributed by atoms with Gasteiger partial charge in [-0.3, -0.25) is 4.79 Å². The molecule has 0 aromatic carbocycles. The van der Waals surface area contributed by atoms with E-state index in [4.69, 9.17) is 4.74 Å². The Morgan fingerprint density at radius 1 is 0.913 bits per heavy atom. The van der Waals surface area contributed by atoms with Crippen molar-refractivity contribution in [1.82, 2.24) is 0 Å². The summed E-state index contributed by atoms with van der Waals surface area (Å²) in [6.07, 6.45) is 16.6. The number of hydrogen-bond donors (Lipinski definition) is 0. The van der Waals surface area contributed by atoms with Crippen LogP contribution in [0, 0.1) is 23.7 Å². The first kappa shape index (κ1) is 17.0. The van der Waals surface area contributed by atoms with Crippen molar-refractivity contribution in [3.63, 3.8) is 0 Å². The molecule has 3 aliphatic rings. The minimum Gasteiger partial charge on any atom is -0.462 e. The van der Waals surface area contributed by atoms with E-state index in [0.717, 1.165) is 6.42 Å². The van der Waals surface area contributed by atoms with E-state index in [1.54, 1.807) is 0 Å². The summed E-state index contributed by atoms with van der Waals surface area (Å²) < 4.78 is 6.20. The van der Waals surface area contributed by atoms with Gasteiger partial charge in [-0.1, -0.05) is 50.2 Å². The summed E-state index contributed by atoms with van der Waals surface area (Å²) in [5, 5.41) is 0. The molecule has 0 saturated heterocycles. The number of carbonyl (C=O) groups excluding carboxylic acids is 1. The zero-order valence-corrected chi connectivity index (χ0v) is 15.1. The Labute approximate surface area is 142 Å². The molecule has 0 bridgehead atoms. The van der Waals surface area contributed by atoms with Crippen molar-refractivity contribution in [2.24, 2.45) is 23.7 Å². The molecule has 2 nitrogen and oxygen atoms in total. The third kappa shape index (κ3) is 4.61. The number of carbonyl (C=O) groups is 1. The molecular weight excluding hydrogens is 284 g/mol. The number of esters is 1. The van der Waals surface area contributed by atoms with Crippen LogP contribution < -0.4 is 0 Å². The normalized spacial score (nSPS) is 29.3. The lowest BCUT2D eigenvalue weighted by Gasteiger charge is -2.37. The first-order valence-corrected chi connectivity index (χ1v) is 10.0. The molecule has 0 heterocycles. The predicted octanol–water partition coefficient (Wildman–Crippen LogP) is 5.66. The molecule has 0 aromatic heterocycles. The summed E-state index contributed by atoms with van der Waals surface area (Å²) in [6, 6.07) is 0. The van der Waals surface area contributed by atoms with Crippen molar-refractivity contribution >= 4 is 5.97 Å². The van der Waals surface area contributed by atoms with Gasteiger partial charge in [0.25, 0.3) is 0 Å². The van der Waals surface area contributed by atoms with Gasteiger partial charge in [0.2, 0.25) is 0 Å². The van der Waals surface area contributed by atoms with Gasteiger partial charge in [0, 0.05) is 0 Å². The molecular formula is C21H34O2. The van der Waals surface area contributed by atoms with Gasteiger partial charge >= 0.3 is 5.97 Å². The second-order valence-electron chi connectivity index (χ2n) is 8.45. The number of hydrogen-bond acceptors (Lipinski definition) is 2. The van der Waals surface area contributed by atoms with E-state index in [9.17, 15) is 4.79 Å². The molecule has 0 unspecified atom stereocenters. The highest BCUT2D eigenvalue weighted by atomic mass is 16.5. The second kappa shape index (κ2) is 7.85. The molecule has 3 fully saturated rings. The van der Waals surface area contributed by atoms with Crippen LogP contribution in [0.1, 0.15) is 84.5 Å². The standard InChI is InChI=1S/C21H34O2/c1-15(2)13-18-14-19(18)21(22)23-20(16-9-5-3-6-10-16)17-11-7-4-8-12-17/h13,16-20H,3-12,14H2,1-2H3/t18-,19+/m1/s1. The van der Waals surface area contributed by atoms with Crippen LogP contribution in [0.25, 0.3) is 0 Å². The topological polar surface area (TPSA) is 26.3 Å². The Morgan fingerprint density at radius 2 is 1.43 bits per heavy atom. The van der Waals surface area contributed by atoms with Crippen molar-refractivity contribution in [3.05, 3.63) is 11.6 Å². The van der Waals surface area contributed by atoms with E-state index in [1.807, 2.05) is 0 Å². The highest BCUT2D eigenvalue weighted by molar-refractivity contribution is 5.76. The SMILES string of the molecule is CC(C)=C[C@@H]1C[C@@H]1C(=O)OC(C1CCCCC1)C1CCCCC1. The van der Waals surface area contributed by atoms with Crippen LogP contribution in [-0.4, -0.2) is 12.1 Å². The zero-order chi connectivity index (χ0) is 16.2. The number of ether oxygens (including phenoxy) is 1. The van der Waals surface area contributed by atoms with Gasteiger partial charge in [0.15, 0.2) is 0 Å². The van der Waals surface area contributed by atoms with Gasteiger partial charge in [0.05, 0.1) is 5.92 Å². The van der Waals surface area contributed by atoms with Gasteiger partial charge in [-0.15, -0.1) is 0 Å². The van der Waals surface area contributed by atoms with Crippen molar-refractivity contribution in [3.8, 4) is 0 Å². The van der Waals surface area contributed by atoms with Crippen molar-refractivity contribution in [2.45, 2.75) is 90.6 Å². The van der Waals surface area contributed by atoms with Gasteiger partial charge in [-0.05, 0) is 63.7 Å². The maximum Gasteiger partial charge on any atom is 0.309 e. The van der Waals surface area contributed by atoms with Crippen LogP contribution in [0.3, 0.4) is 0 Å². The van der Waals surface area contributed by atoms with E-state index in [-0.39, 0.29) is 18.0 Å². The van der Waals surface area contributed by atoms with Crippen LogP contribution in [-0.2, 0) is 9.53 Å². The summed E-state index contributed by atoms with van der Waals surface area (Å²) in [7, 11) is 0. The van der Waals surface area contributed by atoms with E-state index in [0.29, 0.717) is 17.8 Å². The molecule has 23 heavy (non-hydrogen) atoms. The fourth-order valence-electron chi connectivity index (χ4n) is 4.82. The minimum absolute atomic E-state index is 0.105. The molecule has 0 aliphatic heterocycles. The first-order chi connectivity index (χ1) is 11.1. The lowest BCUT2D eigenvalue weighted by atomic mass is 9.75. The molecule has 0 radical (unpaired) electrons. The third-order valence-corrected chi connectivity index (χ3v) is 6.17. The average Bonchev–Trinajstić information content (AvgIpc) is 3.32. The summed E-state index contributed by atoms with van der Waals surface area (Å²) >= 11 is 0. The monoisotopic (exact) mass is 318 g/mol. The highest BCUT2D eigenvalue weighted by Crippen LogP contribution is 2.44. The van der Waals surface area contributed by atoms with Gasteiger partial charge in [0.1, 0.15) is 6.10 Å². The maximum atomic E-state index is 12.6. The minimum atomic E-state index is 0.105. The molecule has 0 N–H and O–H groups in total. The van der Waals surface area contributed by atoms with Gasteiger partial charge in [-0.2, -0.15) is 0 Å². The Balaban J connectivity index is 1.61. The largest absolute Gasteiger partial charge is 0.462 e. The lowest BCUT2D eigenvalue weighted by molar-refractivity contribution is -0.159. The quantitative estimate of drug-likeness (QED) is 0.483. The number of rotatable bonds is 5. The van der Waals surface area contributed by atoms with E-state index in [1.165, 1.54) is 69.8 Å². The van der Waals surface area contributed by atoms with Crippen LogP contribution in [0.5, 0.6) is 0 Å². The summed E-state index contributed by atoms with van der Waals surface area (Å²) in [5.41, 5.74) is 1.32. The summed E-state index contributed by atoms with van der Waals surface area (Å²) in [5.74, 6) is 1.98. The van der Waals surface area contributed by atoms with Crippen LogP contribution >= 0.6 is 0 Å². The molecule has 130 valence electrons. The average molecular weight is 319 g/mol. The molecule has 0 aromatic rings. The van der Waals surface area contributed by atoms with E-state index < -0.39 is 0 Å². The fourth-order valence-corrected chi connectivity index (χ4v) is 4.82. The molecule has 0 amide bonds. The van der Waals surface area contributed by atoms with Gasteiger partial charge in [-0.25, -0.2) is 0 Å². The van der Waals surface area contributed by atoms with E-state index >= 15 is 0 Å². The van der Waals surface area contributed by atoms with Crippen molar-refractivity contribution < 1.29 is 9.53 Å². The van der Waals surface area contributed by atoms with E-state index in [2.05, 4.69) is 19.9 Å². The highest BCUT2D eigenvalue weighted by Gasteiger charge is 2.45. The molecule has 2 atom stereocenters. The third-order valence-electron chi connectivity index (χ3n) is 6.17. The number of allylic oxidation sites excluding steroid dienone is 2. The van der Waals surface area contributed by atoms with Crippen LogP contribution in [0.15, 0.2) is 11.6 Å². The van der Waals surface area contributed by atoms with Crippen molar-refractivity contribution in [1.29, 1.82) is 0 Å². The van der Waals surface area contributed by atoms with Crippen LogP contribution in [0.2, 0.25) is 0 Å². The molecule has 2 heteroatoms. The molecule has 0 spiro atoms. The van der Waals surface area contributed by atoms with Crippen LogP contribution in [0.4, 0.5) is 0 Å². The smallest absolute Gasteiger partial charge is 0.309 e. The molecule has 3 aliphatic carbocycles. The molecule has 3 rings (SSSR count). The lowest BCUT2D eigenvalue weighted by Crippen LogP contribution is -2.37. The van der Waals surface area contributed by atoms with Crippen molar-refractivity contribution in [2.75, 3.05) is 0 Å². The zero-order valence-electron chi connectivity index (χ0n) is 15.1.